The van der Waals surface area contributed by atoms with Crippen LogP contribution < -0.4 is 10.5 Å². The SMILES string of the molecule is NS(=O)(=O)OC(=O)Cc1cccc(CCCCCCOCCCCNC[C@H](O)c2ccc(O)c(CO)c2)c1. The summed E-state index contributed by atoms with van der Waals surface area (Å²) in [5, 5.41) is 37.0. The third kappa shape index (κ3) is 13.3. The second-order valence-electron chi connectivity index (χ2n) is 9.19. The van der Waals surface area contributed by atoms with Crippen molar-refractivity contribution in [1.82, 2.24) is 5.32 Å². The number of rotatable bonds is 19. The van der Waals surface area contributed by atoms with Crippen LogP contribution in [0.4, 0.5) is 0 Å². The van der Waals surface area contributed by atoms with Crippen LogP contribution in [0, 0.1) is 0 Å². The number of ether oxygens (including phenoxy) is 1. The van der Waals surface area contributed by atoms with Gasteiger partial charge in [0.1, 0.15) is 5.75 Å². The average molecular weight is 553 g/mol. The van der Waals surface area contributed by atoms with Gasteiger partial charge >= 0.3 is 16.3 Å². The molecule has 0 aromatic heterocycles. The minimum atomic E-state index is -4.29. The van der Waals surface area contributed by atoms with Gasteiger partial charge in [0.2, 0.25) is 0 Å². The van der Waals surface area contributed by atoms with E-state index in [-0.39, 0.29) is 18.8 Å². The van der Waals surface area contributed by atoms with Crippen LogP contribution in [0.5, 0.6) is 5.75 Å². The number of aryl methyl sites for hydroxylation is 1. The first kappa shape index (κ1) is 31.7. The molecule has 0 bridgehead atoms. The van der Waals surface area contributed by atoms with Gasteiger partial charge in [0.05, 0.1) is 19.1 Å². The molecule has 0 amide bonds. The lowest BCUT2D eigenvalue weighted by molar-refractivity contribution is -0.133. The van der Waals surface area contributed by atoms with Gasteiger partial charge in [-0.3, -0.25) is 4.79 Å². The van der Waals surface area contributed by atoms with E-state index in [1.807, 2.05) is 18.2 Å². The molecule has 10 nitrogen and oxygen atoms in total. The van der Waals surface area contributed by atoms with Gasteiger partial charge in [0.15, 0.2) is 0 Å². The Morgan fingerprint density at radius 1 is 0.974 bits per heavy atom. The third-order valence-corrected chi connectivity index (χ3v) is 6.36. The van der Waals surface area contributed by atoms with Gasteiger partial charge in [0.25, 0.3) is 0 Å². The second kappa shape index (κ2) is 17.1. The zero-order valence-electron chi connectivity index (χ0n) is 21.7. The summed E-state index contributed by atoms with van der Waals surface area (Å²) >= 11 is 0. The molecule has 0 spiro atoms. The zero-order valence-corrected chi connectivity index (χ0v) is 22.5. The summed E-state index contributed by atoms with van der Waals surface area (Å²) in [7, 11) is -4.29. The summed E-state index contributed by atoms with van der Waals surface area (Å²) in [6.07, 6.45) is 6.01. The Morgan fingerprint density at radius 3 is 2.42 bits per heavy atom. The molecule has 0 aliphatic rings. The number of phenols is 1. The summed E-state index contributed by atoms with van der Waals surface area (Å²) in [4.78, 5) is 11.6. The van der Waals surface area contributed by atoms with E-state index >= 15 is 0 Å². The topological polar surface area (TPSA) is 168 Å². The monoisotopic (exact) mass is 552 g/mol. The number of aliphatic hydroxyl groups excluding tert-OH is 2. The van der Waals surface area contributed by atoms with E-state index < -0.39 is 22.4 Å². The van der Waals surface area contributed by atoms with Crippen molar-refractivity contribution in [3.05, 3.63) is 64.7 Å². The number of carbonyl (C=O) groups excluding carboxylic acids is 1. The van der Waals surface area contributed by atoms with Crippen LogP contribution >= 0.6 is 0 Å². The Bertz CT molecular complexity index is 1090. The molecule has 0 radical (unpaired) electrons. The molecule has 0 aliphatic heterocycles. The normalized spacial score (nSPS) is 12.4. The van der Waals surface area contributed by atoms with Gasteiger partial charge in [0, 0.05) is 25.3 Å². The number of nitrogens with two attached hydrogens (primary N) is 1. The highest BCUT2D eigenvalue weighted by atomic mass is 32.2. The number of carbonyl (C=O) groups is 1. The van der Waals surface area contributed by atoms with Crippen LogP contribution in [0.15, 0.2) is 42.5 Å². The number of nitrogens with one attached hydrogen (secondary N) is 1. The van der Waals surface area contributed by atoms with Gasteiger partial charge in [-0.15, -0.1) is 0 Å². The average Bonchev–Trinajstić information content (AvgIpc) is 2.86. The molecule has 6 N–H and O–H groups in total. The molecule has 2 aromatic carbocycles. The predicted molar refractivity (Wildman–Crippen MR) is 143 cm³/mol. The summed E-state index contributed by atoms with van der Waals surface area (Å²) in [6.45, 7) is 2.31. The highest BCUT2D eigenvalue weighted by molar-refractivity contribution is 7.84. The highest BCUT2D eigenvalue weighted by Gasteiger charge is 2.13. The smallest absolute Gasteiger partial charge is 0.382 e. The maximum Gasteiger partial charge on any atom is 0.382 e. The molecular weight excluding hydrogens is 512 g/mol. The molecule has 2 aromatic rings. The molecule has 0 saturated carbocycles. The number of aromatic hydroxyl groups is 1. The largest absolute Gasteiger partial charge is 0.508 e. The van der Waals surface area contributed by atoms with E-state index in [1.54, 1.807) is 18.2 Å². The van der Waals surface area contributed by atoms with Gasteiger partial charge in [-0.2, -0.15) is 13.6 Å². The van der Waals surface area contributed by atoms with Crippen molar-refractivity contribution >= 4 is 16.3 Å². The van der Waals surface area contributed by atoms with Crippen molar-refractivity contribution < 1.29 is 37.5 Å². The summed E-state index contributed by atoms with van der Waals surface area (Å²) < 4.78 is 31.5. The fraction of sp³-hybridized carbons (Fsp3) is 0.519. The van der Waals surface area contributed by atoms with Gasteiger partial charge in [-0.05, 0) is 67.5 Å². The standard InChI is InChI=1S/C27H40N2O8S/c28-38(34,35)37-27(33)17-22-10-7-9-21(16-22)8-3-1-2-5-14-36-15-6-4-13-29-19-26(32)23-11-12-25(31)24(18-23)20-30/h7,9-12,16,18,26,29-32H,1-6,8,13-15,17,19-20H2,(H2,28,34,35)/t26-/m0/s1. The molecule has 0 aliphatic carbocycles. The molecule has 0 saturated heterocycles. The van der Waals surface area contributed by atoms with E-state index in [4.69, 9.17) is 9.88 Å². The Balaban J connectivity index is 1.45. The molecule has 11 heteroatoms. The van der Waals surface area contributed by atoms with Gasteiger partial charge < -0.3 is 29.6 Å². The lowest BCUT2D eigenvalue weighted by atomic mass is 10.0. The first-order valence-electron chi connectivity index (χ1n) is 12.9. The maximum atomic E-state index is 11.6. The van der Waals surface area contributed by atoms with E-state index in [1.165, 1.54) is 6.07 Å². The Hall–Kier alpha value is -2.54. The van der Waals surface area contributed by atoms with Crippen LogP contribution in [0.3, 0.4) is 0 Å². The van der Waals surface area contributed by atoms with Crippen molar-refractivity contribution in [3.8, 4) is 5.75 Å². The number of unbranched alkanes of at least 4 members (excludes halogenated alkanes) is 4. The lowest BCUT2D eigenvalue weighted by Crippen LogP contribution is -2.22. The third-order valence-electron chi connectivity index (χ3n) is 5.94. The quantitative estimate of drug-likeness (QED) is 0.164. The van der Waals surface area contributed by atoms with Crippen molar-refractivity contribution in [2.45, 2.75) is 64.1 Å². The molecule has 38 heavy (non-hydrogen) atoms. The summed E-state index contributed by atoms with van der Waals surface area (Å²) in [5.74, 6) is -0.879. The van der Waals surface area contributed by atoms with Crippen molar-refractivity contribution in [3.63, 3.8) is 0 Å². The van der Waals surface area contributed by atoms with Crippen LogP contribution in [0.25, 0.3) is 0 Å². The maximum absolute atomic E-state index is 11.6. The molecular formula is C27H40N2O8S. The Kier molecular flexibility index (Phi) is 14.3. The Labute approximate surface area is 225 Å². The minimum absolute atomic E-state index is 0.0203. The van der Waals surface area contributed by atoms with Crippen molar-refractivity contribution in [2.24, 2.45) is 5.14 Å². The van der Waals surface area contributed by atoms with Crippen LogP contribution in [-0.4, -0.2) is 56.0 Å². The fourth-order valence-corrected chi connectivity index (χ4v) is 4.28. The summed E-state index contributed by atoms with van der Waals surface area (Å²) in [5.41, 5.74) is 2.82. The molecule has 0 unspecified atom stereocenters. The van der Waals surface area contributed by atoms with E-state index in [0.29, 0.717) is 29.8 Å². The zero-order chi connectivity index (χ0) is 27.8. The molecule has 2 rings (SSSR count). The first-order chi connectivity index (χ1) is 18.2. The number of hydrogen-bond donors (Lipinski definition) is 5. The van der Waals surface area contributed by atoms with Crippen molar-refractivity contribution in [1.29, 1.82) is 0 Å². The van der Waals surface area contributed by atoms with Gasteiger partial charge in [-0.25, -0.2) is 0 Å². The molecule has 212 valence electrons. The van der Waals surface area contributed by atoms with E-state index in [9.17, 15) is 28.5 Å². The number of benzene rings is 2. The number of aliphatic hydroxyl groups is 2. The minimum Gasteiger partial charge on any atom is -0.508 e. The Morgan fingerprint density at radius 2 is 1.68 bits per heavy atom. The fourth-order valence-electron chi connectivity index (χ4n) is 3.96. The highest BCUT2D eigenvalue weighted by Crippen LogP contribution is 2.22. The molecule has 0 heterocycles. The molecule has 1 atom stereocenters. The van der Waals surface area contributed by atoms with Crippen LogP contribution in [0.2, 0.25) is 0 Å². The second-order valence-corrected chi connectivity index (χ2v) is 10.3. The van der Waals surface area contributed by atoms with Crippen LogP contribution in [-0.2, 0) is 43.5 Å². The van der Waals surface area contributed by atoms with E-state index in [0.717, 1.165) is 63.7 Å². The first-order valence-corrected chi connectivity index (χ1v) is 14.4. The lowest BCUT2D eigenvalue weighted by Gasteiger charge is -2.14. The molecule has 0 fully saturated rings. The van der Waals surface area contributed by atoms with Crippen molar-refractivity contribution in [2.75, 3.05) is 26.3 Å². The summed E-state index contributed by atoms with van der Waals surface area (Å²) in [6, 6.07) is 12.2. The number of hydrogen-bond acceptors (Lipinski definition) is 9. The van der Waals surface area contributed by atoms with Crippen LogP contribution in [0.1, 0.15) is 66.9 Å². The predicted octanol–water partition coefficient (Wildman–Crippen LogP) is 2.40. The van der Waals surface area contributed by atoms with Gasteiger partial charge in [-0.1, -0.05) is 43.2 Å². The van der Waals surface area contributed by atoms with E-state index in [2.05, 4.69) is 9.50 Å².